The first-order valence-electron chi connectivity index (χ1n) is 5.82. The maximum absolute atomic E-state index is 6.22. The summed E-state index contributed by atoms with van der Waals surface area (Å²) < 4.78 is 2.77. The number of nitrogens with zero attached hydrogens (tertiary/aromatic N) is 3. The lowest BCUT2D eigenvalue weighted by atomic mass is 9.81. The summed E-state index contributed by atoms with van der Waals surface area (Å²) in [6, 6.07) is 8.08. The molecule has 0 aliphatic carbocycles. The molecule has 0 amide bonds. The molecule has 0 radical (unpaired) electrons. The fraction of sp³-hybridized carbons (Fsp3) is 0.385. The van der Waals surface area contributed by atoms with Crippen molar-refractivity contribution in [3.05, 3.63) is 46.5 Å². The molecule has 0 N–H and O–H groups in total. The van der Waals surface area contributed by atoms with Gasteiger partial charge in [-0.1, -0.05) is 28.1 Å². The minimum Gasteiger partial charge on any atom is -0.253 e. The summed E-state index contributed by atoms with van der Waals surface area (Å²) in [5.41, 5.74) is 0.767. The second-order valence-corrected chi connectivity index (χ2v) is 5.98. The summed E-state index contributed by atoms with van der Waals surface area (Å²) in [5.74, 6) is 1.74. The molecular formula is C13H14BrCl2N3. The van der Waals surface area contributed by atoms with Gasteiger partial charge in [-0.2, -0.15) is 5.10 Å². The summed E-state index contributed by atoms with van der Waals surface area (Å²) in [7, 11) is 1.87. The van der Waals surface area contributed by atoms with Gasteiger partial charge in [0.2, 0.25) is 0 Å². The predicted octanol–water partition coefficient (Wildman–Crippen LogP) is 3.54. The fourth-order valence-electron chi connectivity index (χ4n) is 1.99. The molecule has 1 aromatic heterocycles. The molecule has 102 valence electrons. The van der Waals surface area contributed by atoms with Crippen molar-refractivity contribution in [3.63, 3.8) is 0 Å². The number of aryl methyl sites for hydroxylation is 1. The Hall–Kier alpha value is -0.580. The lowest BCUT2D eigenvalue weighted by Gasteiger charge is -2.30. The molecule has 0 fully saturated rings. The first-order valence-corrected chi connectivity index (χ1v) is 7.68. The van der Waals surface area contributed by atoms with Gasteiger partial charge in [0.1, 0.15) is 12.2 Å². The third kappa shape index (κ3) is 3.12. The largest absolute Gasteiger partial charge is 0.253 e. The third-order valence-electron chi connectivity index (χ3n) is 3.25. The molecule has 2 rings (SSSR count). The number of alkyl halides is 2. The van der Waals surface area contributed by atoms with E-state index in [1.54, 1.807) is 11.0 Å². The van der Waals surface area contributed by atoms with E-state index in [9.17, 15) is 0 Å². The summed E-state index contributed by atoms with van der Waals surface area (Å²) in [6.07, 6.45) is 2.20. The minimum atomic E-state index is -0.340. The molecule has 0 bridgehead atoms. The van der Waals surface area contributed by atoms with Crippen molar-refractivity contribution in [2.75, 3.05) is 11.8 Å². The fourth-order valence-corrected chi connectivity index (χ4v) is 3.17. The van der Waals surface area contributed by atoms with E-state index in [0.717, 1.165) is 15.9 Å². The van der Waals surface area contributed by atoms with Gasteiger partial charge in [0, 0.05) is 35.1 Å². The van der Waals surface area contributed by atoms with E-state index in [2.05, 4.69) is 32.1 Å². The number of aromatic nitrogens is 3. The van der Waals surface area contributed by atoms with Crippen LogP contribution in [0, 0.1) is 0 Å². The molecule has 19 heavy (non-hydrogen) atoms. The van der Waals surface area contributed by atoms with Gasteiger partial charge in [-0.15, -0.1) is 23.2 Å². The lowest BCUT2D eigenvalue weighted by Crippen LogP contribution is -2.34. The molecule has 2 aromatic rings. The number of benzene rings is 1. The quantitative estimate of drug-likeness (QED) is 0.761. The molecule has 1 heterocycles. The summed E-state index contributed by atoms with van der Waals surface area (Å²) in [6.45, 7) is 0. The van der Waals surface area contributed by atoms with Gasteiger partial charge in [0.25, 0.3) is 0 Å². The Bertz CT molecular complexity index is 552. The molecule has 0 aliphatic heterocycles. The van der Waals surface area contributed by atoms with Crippen LogP contribution in [-0.4, -0.2) is 26.5 Å². The smallest absolute Gasteiger partial charge is 0.138 e. The van der Waals surface area contributed by atoms with E-state index in [1.165, 1.54) is 0 Å². The average molecular weight is 363 g/mol. The molecular weight excluding hydrogens is 349 g/mol. The number of hydrogen-bond donors (Lipinski definition) is 0. The lowest BCUT2D eigenvalue weighted by molar-refractivity contribution is 0.503. The van der Waals surface area contributed by atoms with Crippen LogP contribution in [0.25, 0.3) is 0 Å². The molecule has 6 heteroatoms. The summed E-state index contributed by atoms with van der Waals surface area (Å²) in [4.78, 5) is 4.27. The van der Waals surface area contributed by atoms with Gasteiger partial charge < -0.3 is 0 Å². The van der Waals surface area contributed by atoms with Crippen LogP contribution in [0.15, 0.2) is 35.1 Å². The van der Waals surface area contributed by atoms with Crippen LogP contribution in [0.1, 0.15) is 11.4 Å². The van der Waals surface area contributed by atoms with Crippen molar-refractivity contribution >= 4 is 39.1 Å². The molecule has 0 spiro atoms. The van der Waals surface area contributed by atoms with Gasteiger partial charge in [0.05, 0.1) is 0 Å². The first kappa shape index (κ1) is 14.8. The monoisotopic (exact) mass is 361 g/mol. The molecule has 0 atom stereocenters. The van der Waals surface area contributed by atoms with E-state index < -0.39 is 0 Å². The minimum absolute atomic E-state index is 0.340. The van der Waals surface area contributed by atoms with Crippen molar-refractivity contribution in [2.24, 2.45) is 7.05 Å². The standard InChI is InChI=1S/C13H14BrCl2N3/c1-19-12(17-9-18-19)6-13(7-15,8-16)10-3-2-4-11(14)5-10/h2-5,9H,6-8H2,1H3. The SMILES string of the molecule is Cn1ncnc1CC(CCl)(CCl)c1cccc(Br)c1. The third-order valence-corrected chi connectivity index (χ3v) is 4.77. The second-order valence-electron chi connectivity index (χ2n) is 4.53. The van der Waals surface area contributed by atoms with Crippen LogP contribution in [-0.2, 0) is 18.9 Å². The Labute approximate surface area is 131 Å². The highest BCUT2D eigenvalue weighted by Gasteiger charge is 2.32. The number of rotatable bonds is 5. The second kappa shape index (κ2) is 6.25. The van der Waals surface area contributed by atoms with E-state index >= 15 is 0 Å². The van der Waals surface area contributed by atoms with Gasteiger partial charge in [-0.25, -0.2) is 4.98 Å². The predicted molar refractivity (Wildman–Crippen MR) is 82.0 cm³/mol. The average Bonchev–Trinajstić information content (AvgIpc) is 2.81. The van der Waals surface area contributed by atoms with Gasteiger partial charge in [-0.3, -0.25) is 4.68 Å². The first-order chi connectivity index (χ1) is 9.11. The Kier molecular flexibility index (Phi) is 4.87. The highest BCUT2D eigenvalue weighted by Crippen LogP contribution is 2.32. The zero-order chi connectivity index (χ0) is 13.9. The topological polar surface area (TPSA) is 30.7 Å². The van der Waals surface area contributed by atoms with Crippen LogP contribution in [0.5, 0.6) is 0 Å². The van der Waals surface area contributed by atoms with Crippen LogP contribution in [0.3, 0.4) is 0 Å². The zero-order valence-electron chi connectivity index (χ0n) is 10.5. The van der Waals surface area contributed by atoms with Crippen molar-refractivity contribution in [1.29, 1.82) is 0 Å². The van der Waals surface area contributed by atoms with Crippen molar-refractivity contribution in [3.8, 4) is 0 Å². The van der Waals surface area contributed by atoms with Crippen molar-refractivity contribution in [2.45, 2.75) is 11.8 Å². The van der Waals surface area contributed by atoms with E-state index in [0.29, 0.717) is 18.2 Å². The van der Waals surface area contributed by atoms with Crippen LogP contribution >= 0.6 is 39.1 Å². The maximum Gasteiger partial charge on any atom is 0.138 e. The van der Waals surface area contributed by atoms with Crippen molar-refractivity contribution < 1.29 is 0 Å². The highest BCUT2D eigenvalue weighted by atomic mass is 79.9. The van der Waals surface area contributed by atoms with Gasteiger partial charge in [0.15, 0.2) is 0 Å². The molecule has 3 nitrogen and oxygen atoms in total. The normalized spacial score (nSPS) is 11.8. The number of halogens is 3. The van der Waals surface area contributed by atoms with Crippen LogP contribution in [0.2, 0.25) is 0 Å². The summed E-state index contributed by atoms with van der Waals surface area (Å²) >= 11 is 15.9. The van der Waals surface area contributed by atoms with Crippen LogP contribution in [0.4, 0.5) is 0 Å². The van der Waals surface area contributed by atoms with Gasteiger partial charge >= 0.3 is 0 Å². The highest BCUT2D eigenvalue weighted by molar-refractivity contribution is 9.10. The Morgan fingerprint density at radius 1 is 1.32 bits per heavy atom. The molecule has 0 aliphatic rings. The Morgan fingerprint density at radius 2 is 2.05 bits per heavy atom. The van der Waals surface area contributed by atoms with E-state index in [1.807, 2.05) is 25.2 Å². The molecule has 0 unspecified atom stereocenters. The molecule has 1 aromatic carbocycles. The van der Waals surface area contributed by atoms with Crippen molar-refractivity contribution in [1.82, 2.24) is 14.8 Å². The Morgan fingerprint density at radius 3 is 2.58 bits per heavy atom. The van der Waals surface area contributed by atoms with E-state index in [-0.39, 0.29) is 5.41 Å². The maximum atomic E-state index is 6.22. The summed E-state index contributed by atoms with van der Waals surface area (Å²) in [5, 5.41) is 4.09. The van der Waals surface area contributed by atoms with Crippen LogP contribution < -0.4 is 0 Å². The number of hydrogen-bond acceptors (Lipinski definition) is 2. The van der Waals surface area contributed by atoms with E-state index in [4.69, 9.17) is 23.2 Å². The van der Waals surface area contributed by atoms with Gasteiger partial charge in [-0.05, 0) is 17.7 Å². The zero-order valence-corrected chi connectivity index (χ0v) is 13.6. The molecule has 0 saturated heterocycles. The Balaban J connectivity index is 2.40. The molecule has 0 saturated carbocycles.